The molecule has 0 aliphatic heterocycles. The smallest absolute Gasteiger partial charge is 0.309 e. The predicted molar refractivity (Wildman–Crippen MR) is 93.3 cm³/mol. The SMILES string of the molecule is CCc1ccc(-c2nc3sc(C)c(CC)n3c2CC(=O)O)cc1. The van der Waals surface area contributed by atoms with Crippen molar-refractivity contribution in [3.63, 3.8) is 0 Å². The number of carboxylic acid groups (broad SMARTS) is 1. The van der Waals surface area contributed by atoms with E-state index in [1.165, 1.54) is 10.4 Å². The maximum Gasteiger partial charge on any atom is 0.309 e. The second kappa shape index (κ2) is 6.16. The average molecular weight is 328 g/mol. The minimum atomic E-state index is -0.830. The van der Waals surface area contributed by atoms with Crippen LogP contribution in [0.5, 0.6) is 0 Å². The molecule has 0 aliphatic rings. The molecule has 0 saturated heterocycles. The minimum Gasteiger partial charge on any atom is -0.481 e. The molecule has 120 valence electrons. The molecule has 5 heteroatoms. The number of aliphatic carboxylic acids is 1. The zero-order valence-corrected chi connectivity index (χ0v) is 14.4. The third-order valence-corrected chi connectivity index (χ3v) is 5.15. The molecule has 0 amide bonds. The van der Waals surface area contributed by atoms with Gasteiger partial charge in [0.1, 0.15) is 0 Å². The second-order valence-electron chi connectivity index (χ2n) is 5.60. The Labute approximate surface area is 139 Å². The largest absolute Gasteiger partial charge is 0.481 e. The number of benzene rings is 1. The first-order valence-corrected chi connectivity index (χ1v) is 8.67. The predicted octanol–water partition coefficient (Wildman–Crippen LogP) is 4.12. The molecule has 2 heterocycles. The molecular weight excluding hydrogens is 308 g/mol. The fraction of sp³-hybridized carbons (Fsp3) is 0.333. The van der Waals surface area contributed by atoms with Gasteiger partial charge in [0.25, 0.3) is 0 Å². The van der Waals surface area contributed by atoms with E-state index >= 15 is 0 Å². The van der Waals surface area contributed by atoms with Crippen molar-refractivity contribution in [2.24, 2.45) is 0 Å². The van der Waals surface area contributed by atoms with Gasteiger partial charge < -0.3 is 5.11 Å². The highest BCUT2D eigenvalue weighted by Gasteiger charge is 2.21. The Morgan fingerprint density at radius 3 is 2.43 bits per heavy atom. The summed E-state index contributed by atoms with van der Waals surface area (Å²) in [7, 11) is 0. The van der Waals surface area contributed by atoms with Crippen molar-refractivity contribution in [3.05, 3.63) is 46.1 Å². The number of aromatic nitrogens is 2. The third kappa shape index (κ3) is 2.77. The monoisotopic (exact) mass is 328 g/mol. The van der Waals surface area contributed by atoms with E-state index in [1.54, 1.807) is 11.3 Å². The van der Waals surface area contributed by atoms with E-state index in [2.05, 4.69) is 32.9 Å². The number of carbonyl (C=O) groups is 1. The zero-order valence-electron chi connectivity index (χ0n) is 13.6. The van der Waals surface area contributed by atoms with E-state index < -0.39 is 5.97 Å². The first-order valence-electron chi connectivity index (χ1n) is 7.85. The molecule has 0 spiro atoms. The summed E-state index contributed by atoms with van der Waals surface area (Å²) in [6, 6.07) is 8.24. The highest BCUT2D eigenvalue weighted by Crippen LogP contribution is 2.32. The van der Waals surface area contributed by atoms with Crippen molar-refractivity contribution in [1.29, 1.82) is 0 Å². The van der Waals surface area contributed by atoms with Crippen LogP contribution in [0.3, 0.4) is 0 Å². The van der Waals surface area contributed by atoms with Crippen LogP contribution in [-0.2, 0) is 24.1 Å². The number of aryl methyl sites for hydroxylation is 3. The highest BCUT2D eigenvalue weighted by molar-refractivity contribution is 7.17. The molecular formula is C18H20N2O2S. The fourth-order valence-electron chi connectivity index (χ4n) is 2.97. The van der Waals surface area contributed by atoms with Crippen molar-refractivity contribution < 1.29 is 9.90 Å². The van der Waals surface area contributed by atoms with Gasteiger partial charge in [-0.2, -0.15) is 0 Å². The summed E-state index contributed by atoms with van der Waals surface area (Å²) in [5.74, 6) is -0.830. The molecule has 1 aromatic carbocycles. The molecule has 3 rings (SSSR count). The Morgan fingerprint density at radius 1 is 1.17 bits per heavy atom. The number of hydrogen-bond acceptors (Lipinski definition) is 3. The number of imidazole rings is 1. The summed E-state index contributed by atoms with van der Waals surface area (Å²) in [6.07, 6.45) is 1.83. The van der Waals surface area contributed by atoms with E-state index in [-0.39, 0.29) is 6.42 Å². The molecule has 0 atom stereocenters. The van der Waals surface area contributed by atoms with Crippen molar-refractivity contribution in [3.8, 4) is 11.3 Å². The van der Waals surface area contributed by atoms with Crippen LogP contribution >= 0.6 is 11.3 Å². The third-order valence-electron chi connectivity index (χ3n) is 4.15. The van der Waals surface area contributed by atoms with Crippen molar-refractivity contribution in [2.75, 3.05) is 0 Å². The van der Waals surface area contributed by atoms with Crippen molar-refractivity contribution in [2.45, 2.75) is 40.0 Å². The van der Waals surface area contributed by atoms with E-state index in [0.717, 1.165) is 40.4 Å². The Hall–Kier alpha value is -2.14. The minimum absolute atomic E-state index is 0.0186. The maximum absolute atomic E-state index is 11.4. The van der Waals surface area contributed by atoms with Gasteiger partial charge >= 0.3 is 5.97 Å². The van der Waals surface area contributed by atoms with Crippen molar-refractivity contribution >= 4 is 22.3 Å². The Balaban J connectivity index is 2.22. The summed E-state index contributed by atoms with van der Waals surface area (Å²) < 4.78 is 2.04. The maximum atomic E-state index is 11.4. The molecule has 4 nitrogen and oxygen atoms in total. The molecule has 0 fully saturated rings. The normalized spacial score (nSPS) is 11.3. The van der Waals surface area contributed by atoms with Gasteiger partial charge in [-0.25, -0.2) is 4.98 Å². The van der Waals surface area contributed by atoms with Crippen molar-refractivity contribution in [1.82, 2.24) is 9.38 Å². The molecule has 1 N–H and O–H groups in total. The molecule has 0 unspecified atom stereocenters. The van der Waals surface area contributed by atoms with Gasteiger partial charge in [0.15, 0.2) is 4.96 Å². The lowest BCUT2D eigenvalue weighted by Crippen LogP contribution is -2.06. The first kappa shape index (κ1) is 15.7. The Morgan fingerprint density at radius 2 is 1.87 bits per heavy atom. The molecule has 2 aromatic heterocycles. The lowest BCUT2D eigenvalue weighted by molar-refractivity contribution is -0.136. The highest BCUT2D eigenvalue weighted by atomic mass is 32.1. The topological polar surface area (TPSA) is 54.6 Å². The summed E-state index contributed by atoms with van der Waals surface area (Å²) in [5, 5.41) is 9.33. The standard InChI is InChI=1S/C18H20N2O2S/c1-4-12-6-8-13(9-7-12)17-15(10-16(21)22)20-14(5-2)11(3)23-18(20)19-17/h6-9H,4-5,10H2,1-3H3,(H,21,22). The van der Waals surface area contributed by atoms with Crippen LogP contribution < -0.4 is 0 Å². The number of carboxylic acids is 1. The van der Waals surface area contributed by atoms with E-state index in [9.17, 15) is 9.90 Å². The van der Waals surface area contributed by atoms with Gasteiger partial charge in [-0.1, -0.05) is 38.1 Å². The number of fused-ring (bicyclic) bond motifs is 1. The quantitative estimate of drug-likeness (QED) is 0.766. The van der Waals surface area contributed by atoms with Crippen LogP contribution in [0.15, 0.2) is 24.3 Å². The molecule has 0 aliphatic carbocycles. The number of nitrogens with zero attached hydrogens (tertiary/aromatic N) is 2. The summed E-state index contributed by atoms with van der Waals surface area (Å²) in [6.45, 7) is 6.28. The number of hydrogen-bond donors (Lipinski definition) is 1. The van der Waals surface area contributed by atoms with Crippen LogP contribution in [0.1, 0.15) is 35.7 Å². The lowest BCUT2D eigenvalue weighted by Gasteiger charge is -2.06. The van der Waals surface area contributed by atoms with Gasteiger partial charge in [-0.3, -0.25) is 9.20 Å². The van der Waals surface area contributed by atoms with Crippen LogP contribution in [0.4, 0.5) is 0 Å². The van der Waals surface area contributed by atoms with Gasteiger partial charge in [0, 0.05) is 16.1 Å². The Kier molecular flexibility index (Phi) is 4.22. The van der Waals surface area contributed by atoms with E-state index in [0.29, 0.717) is 0 Å². The van der Waals surface area contributed by atoms with E-state index in [4.69, 9.17) is 4.98 Å². The zero-order chi connectivity index (χ0) is 16.6. The van der Waals surface area contributed by atoms with Gasteiger partial charge in [-0.05, 0) is 25.3 Å². The molecule has 0 saturated carbocycles. The van der Waals surface area contributed by atoms with Crippen LogP contribution in [0.25, 0.3) is 16.2 Å². The number of rotatable bonds is 5. The molecule has 0 radical (unpaired) electrons. The van der Waals surface area contributed by atoms with Crippen LogP contribution in [0, 0.1) is 6.92 Å². The van der Waals surface area contributed by atoms with Gasteiger partial charge in [-0.15, -0.1) is 11.3 Å². The second-order valence-corrected chi connectivity index (χ2v) is 6.79. The first-order chi connectivity index (χ1) is 11.0. The summed E-state index contributed by atoms with van der Waals surface area (Å²) in [5.41, 5.74) is 4.97. The van der Waals surface area contributed by atoms with E-state index in [1.807, 2.05) is 16.5 Å². The number of thiazole rings is 1. The molecule has 23 heavy (non-hydrogen) atoms. The summed E-state index contributed by atoms with van der Waals surface area (Å²) in [4.78, 5) is 18.2. The molecule has 3 aromatic rings. The molecule has 0 bridgehead atoms. The Bertz CT molecular complexity index is 859. The van der Waals surface area contributed by atoms with Crippen LogP contribution in [-0.4, -0.2) is 20.5 Å². The fourth-order valence-corrected chi connectivity index (χ4v) is 4.05. The van der Waals surface area contributed by atoms with Gasteiger partial charge in [0.05, 0.1) is 17.8 Å². The van der Waals surface area contributed by atoms with Crippen LogP contribution in [0.2, 0.25) is 0 Å². The average Bonchev–Trinajstić information content (AvgIpc) is 3.02. The lowest BCUT2D eigenvalue weighted by atomic mass is 10.1. The van der Waals surface area contributed by atoms with Gasteiger partial charge in [0.2, 0.25) is 0 Å². The summed E-state index contributed by atoms with van der Waals surface area (Å²) >= 11 is 1.63.